The molecule has 0 saturated carbocycles. The zero-order valence-corrected chi connectivity index (χ0v) is 18.4. The lowest BCUT2D eigenvalue weighted by atomic mass is 9.74. The van der Waals surface area contributed by atoms with Gasteiger partial charge in [-0.15, -0.1) is 0 Å². The van der Waals surface area contributed by atoms with Gasteiger partial charge in [0.1, 0.15) is 0 Å². The molecule has 3 atom stereocenters. The molecule has 13 heteroatoms. The van der Waals surface area contributed by atoms with E-state index in [0.717, 1.165) is 11.0 Å². The molecule has 2 aromatic rings. The van der Waals surface area contributed by atoms with Crippen molar-refractivity contribution in [1.82, 2.24) is 0 Å². The molecule has 0 bridgehead atoms. The standard InChI is InChI=1S/C23H19F10NO2/c1-2-15-9-16(17-8-12(21(25,26)27)3-4-19(17)34(15)20(35)36)18(10-24)11-5-13(22(28,29)30)7-14(6-11)23(31,32)33/h3-8,15-16,18H,2,9-10H2,1H3,(H,35,36)/t15-,16+,18-/m1/s1. The number of halogens is 10. The topological polar surface area (TPSA) is 40.5 Å². The number of carboxylic acid groups (broad SMARTS) is 1. The van der Waals surface area contributed by atoms with E-state index in [1.807, 2.05) is 0 Å². The normalized spacial score (nSPS) is 19.7. The van der Waals surface area contributed by atoms with Gasteiger partial charge in [0.25, 0.3) is 0 Å². The molecular weight excluding hydrogens is 512 g/mol. The lowest BCUT2D eigenvalue weighted by Gasteiger charge is -2.42. The van der Waals surface area contributed by atoms with E-state index in [4.69, 9.17) is 0 Å². The van der Waals surface area contributed by atoms with Gasteiger partial charge in [-0.2, -0.15) is 39.5 Å². The molecule has 3 rings (SSSR count). The van der Waals surface area contributed by atoms with Crippen LogP contribution in [0.4, 0.5) is 54.4 Å². The molecular formula is C23H19F10NO2. The first-order valence-corrected chi connectivity index (χ1v) is 10.6. The van der Waals surface area contributed by atoms with Crippen LogP contribution in [0, 0.1) is 0 Å². The summed E-state index contributed by atoms with van der Waals surface area (Å²) in [5.41, 5.74) is -5.86. The Kier molecular flexibility index (Phi) is 7.26. The number of amides is 1. The Morgan fingerprint density at radius 1 is 0.917 bits per heavy atom. The summed E-state index contributed by atoms with van der Waals surface area (Å²) in [6.45, 7) is 0.0473. The molecule has 0 radical (unpaired) electrons. The SMILES string of the molecule is CC[C@@H]1C[C@H]([C@H](CF)c2cc(C(F)(F)F)cc(C(F)(F)F)c2)c2cc(C(F)(F)F)ccc2N1C(=O)O. The van der Waals surface area contributed by atoms with E-state index in [2.05, 4.69) is 0 Å². The van der Waals surface area contributed by atoms with Gasteiger partial charge < -0.3 is 5.11 Å². The molecule has 0 aliphatic carbocycles. The summed E-state index contributed by atoms with van der Waals surface area (Å²) in [7, 11) is 0. The third kappa shape index (κ3) is 5.39. The maximum atomic E-state index is 14.4. The molecule has 2 aromatic carbocycles. The number of hydrogen-bond acceptors (Lipinski definition) is 1. The Hall–Kier alpha value is -2.99. The van der Waals surface area contributed by atoms with Crippen molar-refractivity contribution in [2.45, 2.75) is 56.2 Å². The third-order valence-electron chi connectivity index (χ3n) is 6.27. The lowest BCUT2D eigenvalue weighted by Crippen LogP contribution is -2.45. The minimum Gasteiger partial charge on any atom is -0.465 e. The quantitative estimate of drug-likeness (QED) is 0.404. The van der Waals surface area contributed by atoms with Crippen molar-refractivity contribution < 1.29 is 53.8 Å². The Balaban J connectivity index is 2.27. The van der Waals surface area contributed by atoms with Crippen molar-refractivity contribution in [3.63, 3.8) is 0 Å². The summed E-state index contributed by atoms with van der Waals surface area (Å²) in [6, 6.07) is 1.70. The van der Waals surface area contributed by atoms with Gasteiger partial charge in [0.15, 0.2) is 0 Å². The van der Waals surface area contributed by atoms with Crippen molar-refractivity contribution >= 4 is 11.8 Å². The second-order valence-corrected chi connectivity index (χ2v) is 8.43. The van der Waals surface area contributed by atoms with Crippen molar-refractivity contribution in [1.29, 1.82) is 0 Å². The fourth-order valence-electron chi connectivity index (χ4n) is 4.58. The van der Waals surface area contributed by atoms with Crippen molar-refractivity contribution in [2.75, 3.05) is 11.6 Å². The summed E-state index contributed by atoms with van der Waals surface area (Å²) in [4.78, 5) is 12.7. The van der Waals surface area contributed by atoms with Crippen LogP contribution in [-0.2, 0) is 18.5 Å². The molecule has 1 aliphatic heterocycles. The number of nitrogens with zero attached hydrogens (tertiary/aromatic N) is 1. The van der Waals surface area contributed by atoms with Crippen molar-refractivity contribution in [3.8, 4) is 0 Å². The first-order chi connectivity index (χ1) is 16.5. The molecule has 0 fully saturated rings. The molecule has 0 saturated heterocycles. The fraction of sp³-hybridized carbons (Fsp3) is 0.435. The summed E-state index contributed by atoms with van der Waals surface area (Å²) in [5.74, 6) is -3.04. The van der Waals surface area contributed by atoms with Crippen LogP contribution >= 0.6 is 0 Å². The number of rotatable bonds is 4. The zero-order chi connectivity index (χ0) is 27.2. The first kappa shape index (κ1) is 27.6. The maximum absolute atomic E-state index is 14.4. The van der Waals surface area contributed by atoms with E-state index in [1.54, 1.807) is 6.92 Å². The number of benzene rings is 2. The van der Waals surface area contributed by atoms with Gasteiger partial charge in [-0.05, 0) is 66.3 Å². The van der Waals surface area contributed by atoms with E-state index in [0.29, 0.717) is 24.3 Å². The van der Waals surface area contributed by atoms with Gasteiger partial charge in [0, 0.05) is 12.0 Å². The van der Waals surface area contributed by atoms with Crippen LogP contribution in [0.25, 0.3) is 0 Å². The van der Waals surface area contributed by atoms with Crippen LogP contribution < -0.4 is 4.90 Å². The van der Waals surface area contributed by atoms with Crippen LogP contribution in [0.1, 0.15) is 59.4 Å². The lowest BCUT2D eigenvalue weighted by molar-refractivity contribution is -0.143. The summed E-state index contributed by atoms with van der Waals surface area (Å²) < 4.78 is 135. The Morgan fingerprint density at radius 3 is 1.86 bits per heavy atom. The molecule has 1 N–H and O–H groups in total. The van der Waals surface area contributed by atoms with Gasteiger partial charge in [0.2, 0.25) is 0 Å². The van der Waals surface area contributed by atoms with Crippen LogP contribution in [0.5, 0.6) is 0 Å². The first-order valence-electron chi connectivity index (χ1n) is 10.6. The monoisotopic (exact) mass is 531 g/mol. The average Bonchev–Trinajstić information content (AvgIpc) is 2.76. The second-order valence-electron chi connectivity index (χ2n) is 8.43. The molecule has 1 amide bonds. The smallest absolute Gasteiger partial charge is 0.416 e. The zero-order valence-electron chi connectivity index (χ0n) is 18.4. The highest BCUT2D eigenvalue weighted by Crippen LogP contribution is 2.49. The average molecular weight is 531 g/mol. The Labute approximate surface area is 198 Å². The van der Waals surface area contributed by atoms with E-state index in [-0.39, 0.29) is 30.2 Å². The predicted molar refractivity (Wildman–Crippen MR) is 109 cm³/mol. The molecule has 3 nitrogen and oxygen atoms in total. The second kappa shape index (κ2) is 9.47. The Bertz CT molecular complexity index is 1090. The van der Waals surface area contributed by atoms with Gasteiger partial charge in [0.05, 0.1) is 29.1 Å². The molecule has 0 aromatic heterocycles. The molecule has 198 valence electrons. The van der Waals surface area contributed by atoms with Gasteiger partial charge >= 0.3 is 24.6 Å². The largest absolute Gasteiger partial charge is 0.465 e. The highest BCUT2D eigenvalue weighted by atomic mass is 19.4. The van der Waals surface area contributed by atoms with Gasteiger partial charge in [-0.1, -0.05) is 6.92 Å². The molecule has 1 aliphatic rings. The van der Waals surface area contributed by atoms with Crippen LogP contribution in [-0.4, -0.2) is 23.9 Å². The summed E-state index contributed by atoms with van der Waals surface area (Å²) in [5, 5.41) is 9.65. The molecule has 0 unspecified atom stereocenters. The van der Waals surface area contributed by atoms with E-state index in [9.17, 15) is 53.8 Å². The number of carbonyl (C=O) groups is 1. The maximum Gasteiger partial charge on any atom is 0.416 e. The van der Waals surface area contributed by atoms with E-state index in [1.165, 1.54) is 0 Å². The Morgan fingerprint density at radius 2 is 1.44 bits per heavy atom. The van der Waals surface area contributed by atoms with E-state index < -0.39 is 71.4 Å². The third-order valence-corrected chi connectivity index (χ3v) is 6.27. The number of hydrogen-bond donors (Lipinski definition) is 1. The van der Waals surface area contributed by atoms with Crippen molar-refractivity contribution in [3.05, 3.63) is 64.2 Å². The van der Waals surface area contributed by atoms with Gasteiger partial charge in [-0.25, -0.2) is 4.79 Å². The number of anilines is 1. The highest BCUT2D eigenvalue weighted by Gasteiger charge is 2.43. The minimum atomic E-state index is -5.21. The number of alkyl halides is 10. The van der Waals surface area contributed by atoms with Gasteiger partial charge in [-0.3, -0.25) is 9.29 Å². The molecule has 36 heavy (non-hydrogen) atoms. The van der Waals surface area contributed by atoms with Crippen LogP contribution in [0.15, 0.2) is 36.4 Å². The fourth-order valence-corrected chi connectivity index (χ4v) is 4.58. The van der Waals surface area contributed by atoms with Crippen molar-refractivity contribution in [2.24, 2.45) is 0 Å². The molecule has 1 heterocycles. The number of fused-ring (bicyclic) bond motifs is 1. The minimum absolute atomic E-state index is 0.110. The van der Waals surface area contributed by atoms with Crippen LogP contribution in [0.2, 0.25) is 0 Å². The van der Waals surface area contributed by atoms with E-state index >= 15 is 0 Å². The van der Waals surface area contributed by atoms with Crippen LogP contribution in [0.3, 0.4) is 0 Å². The molecule has 0 spiro atoms. The summed E-state index contributed by atoms with van der Waals surface area (Å²) >= 11 is 0. The predicted octanol–water partition coefficient (Wildman–Crippen LogP) is 8.25. The summed E-state index contributed by atoms with van der Waals surface area (Å²) in [6.07, 6.45) is -17.0. The highest BCUT2D eigenvalue weighted by molar-refractivity contribution is 5.89.